The van der Waals surface area contributed by atoms with Crippen LogP contribution in [0, 0.1) is 0 Å². The minimum absolute atomic E-state index is 0.343. The van der Waals surface area contributed by atoms with E-state index >= 15 is 0 Å². The lowest BCUT2D eigenvalue weighted by Crippen LogP contribution is -2.26. The number of Topliss-reactive ketones (excluding diaryl/α,β-unsaturated/α-hetero) is 1. The van der Waals surface area contributed by atoms with Gasteiger partial charge in [0.05, 0.1) is 11.6 Å². The molecule has 0 N–H and O–H groups in total. The quantitative estimate of drug-likeness (QED) is 0.797. The summed E-state index contributed by atoms with van der Waals surface area (Å²) in [7, 11) is -1.86. The smallest absolute Gasteiger partial charge is 0.180 e. The first-order valence-electron chi connectivity index (χ1n) is 4.84. The summed E-state index contributed by atoms with van der Waals surface area (Å²) in [6.07, 6.45) is 1.05. The summed E-state index contributed by atoms with van der Waals surface area (Å²) in [4.78, 5) is 11.9. The summed E-state index contributed by atoms with van der Waals surface area (Å²) in [5.41, 5.74) is 0.343. The van der Waals surface area contributed by atoms with Gasteiger partial charge in [0.15, 0.2) is 15.6 Å². The van der Waals surface area contributed by atoms with E-state index in [-0.39, 0.29) is 0 Å². The topological polar surface area (TPSA) is 60.4 Å². The fourth-order valence-electron chi connectivity index (χ4n) is 1.25. The molecule has 0 saturated carbocycles. The third kappa shape index (κ3) is 3.29. The first-order chi connectivity index (χ1) is 7.77. The molecule has 0 bridgehead atoms. The molecule has 1 unspecified atom stereocenters. The fourth-order valence-corrected chi connectivity index (χ4v) is 2.31. The molecule has 0 aromatic heterocycles. The number of ether oxygens (including phenoxy) is 1. The number of ketones is 1. The van der Waals surface area contributed by atoms with Crippen molar-refractivity contribution in [2.45, 2.75) is 12.2 Å². The van der Waals surface area contributed by atoms with Crippen molar-refractivity contribution in [3.05, 3.63) is 28.2 Å². The number of hydrogen-bond acceptors (Lipinski definition) is 4. The Morgan fingerprint density at radius 3 is 2.41 bits per heavy atom. The third-order valence-corrected chi connectivity index (χ3v) is 4.57. The molecule has 1 atom stereocenters. The zero-order valence-electron chi connectivity index (χ0n) is 9.73. The average Bonchev–Trinajstić information content (AvgIpc) is 2.25. The molecule has 17 heavy (non-hydrogen) atoms. The van der Waals surface area contributed by atoms with Crippen LogP contribution >= 0.6 is 15.9 Å². The lowest BCUT2D eigenvalue weighted by molar-refractivity contribution is 0.0991. The molecule has 0 aliphatic rings. The summed E-state index contributed by atoms with van der Waals surface area (Å²) in [6, 6.07) is 4.72. The van der Waals surface area contributed by atoms with Crippen LogP contribution in [0.1, 0.15) is 17.3 Å². The van der Waals surface area contributed by atoms with E-state index in [1.807, 2.05) is 0 Å². The highest BCUT2D eigenvalue weighted by molar-refractivity contribution is 9.10. The highest BCUT2D eigenvalue weighted by Gasteiger charge is 2.25. The molecule has 1 rings (SSSR count). The van der Waals surface area contributed by atoms with Crippen molar-refractivity contribution in [2.75, 3.05) is 13.4 Å². The Morgan fingerprint density at radius 1 is 1.41 bits per heavy atom. The molecule has 0 radical (unpaired) electrons. The molecule has 0 fully saturated rings. The minimum atomic E-state index is -3.37. The number of benzene rings is 1. The second-order valence-electron chi connectivity index (χ2n) is 3.69. The van der Waals surface area contributed by atoms with Crippen LogP contribution in [0.15, 0.2) is 22.7 Å². The molecule has 0 amide bonds. The summed E-state index contributed by atoms with van der Waals surface area (Å²) in [5.74, 6) is 0.171. The zero-order valence-corrected chi connectivity index (χ0v) is 12.1. The Morgan fingerprint density at radius 2 is 2.00 bits per heavy atom. The van der Waals surface area contributed by atoms with Crippen LogP contribution in [0.25, 0.3) is 0 Å². The van der Waals surface area contributed by atoms with Crippen LogP contribution in [0.3, 0.4) is 0 Å². The minimum Gasteiger partial charge on any atom is -0.496 e. The fraction of sp³-hybridized carbons (Fsp3) is 0.364. The van der Waals surface area contributed by atoms with Crippen molar-refractivity contribution in [1.82, 2.24) is 0 Å². The number of rotatable bonds is 4. The molecule has 0 heterocycles. The van der Waals surface area contributed by atoms with Crippen molar-refractivity contribution in [1.29, 1.82) is 0 Å². The van der Waals surface area contributed by atoms with Gasteiger partial charge in [0, 0.05) is 11.8 Å². The molecular weight excluding hydrogens is 308 g/mol. The second-order valence-corrected chi connectivity index (χ2v) is 6.91. The molecule has 0 spiro atoms. The molecule has 6 heteroatoms. The van der Waals surface area contributed by atoms with Crippen molar-refractivity contribution in [3.8, 4) is 5.75 Å². The number of hydrogen-bond donors (Lipinski definition) is 0. The Hall–Kier alpha value is -0.880. The SMILES string of the molecule is COc1ccc(C(=O)C(C)S(C)(=O)=O)cc1Br. The predicted octanol–water partition coefficient (Wildman–Crippen LogP) is 2.07. The molecule has 0 saturated heterocycles. The van der Waals surface area contributed by atoms with E-state index in [1.165, 1.54) is 14.0 Å². The first-order valence-corrected chi connectivity index (χ1v) is 7.58. The maximum Gasteiger partial charge on any atom is 0.180 e. The Bertz CT molecular complexity index is 536. The zero-order chi connectivity index (χ0) is 13.2. The standard InChI is InChI=1S/C11H13BrO4S/c1-7(17(3,14)15)11(13)8-4-5-10(16-2)9(12)6-8/h4-7H,1-3H3. The molecule has 0 aliphatic carbocycles. The highest BCUT2D eigenvalue weighted by Crippen LogP contribution is 2.26. The number of carbonyl (C=O) groups excluding carboxylic acids is 1. The molecular formula is C11H13BrO4S. The van der Waals surface area contributed by atoms with Gasteiger partial charge in [-0.2, -0.15) is 0 Å². The van der Waals surface area contributed by atoms with Gasteiger partial charge in [-0.1, -0.05) is 0 Å². The van der Waals surface area contributed by atoms with Gasteiger partial charge in [0.25, 0.3) is 0 Å². The van der Waals surface area contributed by atoms with Crippen LogP contribution in [0.4, 0.5) is 0 Å². The molecule has 4 nitrogen and oxygen atoms in total. The molecule has 1 aromatic carbocycles. The van der Waals surface area contributed by atoms with Gasteiger partial charge in [0.2, 0.25) is 0 Å². The van der Waals surface area contributed by atoms with E-state index in [4.69, 9.17) is 4.74 Å². The van der Waals surface area contributed by atoms with Crippen LogP contribution in [0.2, 0.25) is 0 Å². The predicted molar refractivity (Wildman–Crippen MR) is 69.3 cm³/mol. The van der Waals surface area contributed by atoms with Gasteiger partial charge >= 0.3 is 0 Å². The lowest BCUT2D eigenvalue weighted by atomic mass is 10.1. The summed E-state index contributed by atoms with van der Waals surface area (Å²) in [6.45, 7) is 1.38. The maximum absolute atomic E-state index is 11.9. The van der Waals surface area contributed by atoms with Crippen molar-refractivity contribution < 1.29 is 17.9 Å². The van der Waals surface area contributed by atoms with E-state index in [9.17, 15) is 13.2 Å². The highest BCUT2D eigenvalue weighted by atomic mass is 79.9. The van der Waals surface area contributed by atoms with E-state index in [0.717, 1.165) is 6.26 Å². The summed E-state index contributed by atoms with van der Waals surface area (Å²) >= 11 is 3.25. The molecule has 94 valence electrons. The first kappa shape index (κ1) is 14.2. The monoisotopic (exact) mass is 320 g/mol. The van der Waals surface area contributed by atoms with E-state index < -0.39 is 20.9 Å². The van der Waals surface area contributed by atoms with Gasteiger partial charge in [-0.05, 0) is 41.1 Å². The summed E-state index contributed by atoms with van der Waals surface area (Å²) < 4.78 is 28.2. The molecule has 1 aromatic rings. The Kier molecular flexibility index (Phi) is 4.32. The van der Waals surface area contributed by atoms with Crippen molar-refractivity contribution in [2.24, 2.45) is 0 Å². The van der Waals surface area contributed by atoms with Gasteiger partial charge in [-0.25, -0.2) is 8.42 Å². The van der Waals surface area contributed by atoms with Crippen LogP contribution in [-0.4, -0.2) is 32.8 Å². The normalized spacial score (nSPS) is 13.2. The van der Waals surface area contributed by atoms with Gasteiger partial charge in [-0.3, -0.25) is 4.79 Å². The second kappa shape index (κ2) is 5.18. The molecule has 0 aliphatic heterocycles. The van der Waals surface area contributed by atoms with Gasteiger partial charge in [0.1, 0.15) is 11.0 Å². The maximum atomic E-state index is 11.9. The van der Waals surface area contributed by atoms with E-state index in [0.29, 0.717) is 15.8 Å². The third-order valence-electron chi connectivity index (χ3n) is 2.45. The number of methoxy groups -OCH3 is 1. The van der Waals surface area contributed by atoms with Gasteiger partial charge in [-0.15, -0.1) is 0 Å². The Balaban J connectivity index is 3.10. The summed E-state index contributed by atoms with van der Waals surface area (Å²) in [5, 5.41) is -1.04. The van der Waals surface area contributed by atoms with E-state index in [1.54, 1.807) is 18.2 Å². The lowest BCUT2D eigenvalue weighted by Gasteiger charge is -2.10. The number of carbonyl (C=O) groups is 1. The van der Waals surface area contributed by atoms with Crippen molar-refractivity contribution in [3.63, 3.8) is 0 Å². The number of halogens is 1. The average molecular weight is 321 g/mol. The van der Waals surface area contributed by atoms with Crippen molar-refractivity contribution >= 4 is 31.6 Å². The largest absolute Gasteiger partial charge is 0.496 e. The van der Waals surface area contributed by atoms with Crippen LogP contribution < -0.4 is 4.74 Å². The number of sulfone groups is 1. The Labute approximate surface area is 109 Å². The van der Waals surface area contributed by atoms with Gasteiger partial charge < -0.3 is 4.74 Å². The van der Waals surface area contributed by atoms with E-state index in [2.05, 4.69) is 15.9 Å². The van der Waals surface area contributed by atoms with Crippen LogP contribution in [-0.2, 0) is 9.84 Å². The van der Waals surface area contributed by atoms with Crippen LogP contribution in [0.5, 0.6) is 5.75 Å².